The van der Waals surface area contributed by atoms with E-state index in [4.69, 9.17) is 4.74 Å². The number of nitrogens with zero attached hydrogens (tertiary/aromatic N) is 2. The van der Waals surface area contributed by atoms with E-state index in [1.54, 1.807) is 6.07 Å². The molecule has 1 atom stereocenters. The van der Waals surface area contributed by atoms with E-state index in [2.05, 4.69) is 20.0 Å². The Hall–Kier alpha value is -3.46. The lowest BCUT2D eigenvalue weighted by Crippen LogP contribution is -2.32. The number of carbonyl (C=O) groups excluding carboxylic acids is 1. The average molecular weight is 441 g/mol. The van der Waals surface area contributed by atoms with Crippen molar-refractivity contribution in [3.63, 3.8) is 0 Å². The van der Waals surface area contributed by atoms with Gasteiger partial charge in [0.25, 0.3) is 15.9 Å². The number of aromatic nitrogens is 2. The number of nitrogens with one attached hydrogen (secondary N) is 2. The van der Waals surface area contributed by atoms with E-state index >= 15 is 0 Å². The second-order valence-corrected chi connectivity index (χ2v) is 8.66. The summed E-state index contributed by atoms with van der Waals surface area (Å²) in [6.07, 6.45) is 2.68. The summed E-state index contributed by atoms with van der Waals surface area (Å²) < 4.78 is 33.1. The van der Waals surface area contributed by atoms with Gasteiger partial charge in [-0.25, -0.2) is 23.1 Å². The highest BCUT2D eigenvalue weighted by Gasteiger charge is 2.20. The largest absolute Gasteiger partial charge is 0.480 e. The van der Waals surface area contributed by atoms with Gasteiger partial charge in [-0.05, 0) is 67.8 Å². The van der Waals surface area contributed by atoms with Crippen LogP contribution >= 0.6 is 0 Å². The number of hydrogen-bond donors (Lipinski definition) is 2. The van der Waals surface area contributed by atoms with E-state index in [1.165, 1.54) is 36.7 Å². The highest BCUT2D eigenvalue weighted by Crippen LogP contribution is 2.22. The van der Waals surface area contributed by atoms with Crippen molar-refractivity contribution in [1.82, 2.24) is 9.97 Å². The molecule has 1 aromatic heterocycles. The van der Waals surface area contributed by atoms with Crippen LogP contribution in [0.1, 0.15) is 24.5 Å². The second-order valence-electron chi connectivity index (χ2n) is 6.98. The summed E-state index contributed by atoms with van der Waals surface area (Å²) in [5.41, 5.74) is 2.45. The van der Waals surface area contributed by atoms with Crippen LogP contribution in [0, 0.1) is 13.8 Å². The monoisotopic (exact) mass is 440 g/mol. The topological polar surface area (TPSA) is 110 Å². The van der Waals surface area contributed by atoms with Crippen LogP contribution < -0.4 is 14.8 Å². The smallest absolute Gasteiger partial charge is 0.265 e. The number of ether oxygens (including phenoxy) is 1. The van der Waals surface area contributed by atoms with Gasteiger partial charge < -0.3 is 10.1 Å². The third-order valence-corrected chi connectivity index (χ3v) is 5.84. The van der Waals surface area contributed by atoms with E-state index < -0.39 is 16.1 Å². The van der Waals surface area contributed by atoms with E-state index in [9.17, 15) is 13.2 Å². The summed E-state index contributed by atoms with van der Waals surface area (Å²) in [5.74, 6) is 0.335. The molecule has 2 N–H and O–H groups in total. The number of anilines is 2. The summed E-state index contributed by atoms with van der Waals surface area (Å²) in [7, 11) is -3.84. The molecule has 9 heteroatoms. The molecule has 0 fully saturated rings. The number of hydrogen-bond acceptors (Lipinski definition) is 6. The van der Waals surface area contributed by atoms with Gasteiger partial charge in [0, 0.05) is 18.1 Å². The molecule has 0 saturated heterocycles. The van der Waals surface area contributed by atoms with Gasteiger partial charge in [-0.1, -0.05) is 19.1 Å². The fraction of sp³-hybridized carbons (Fsp3) is 0.227. The number of amides is 1. The fourth-order valence-electron chi connectivity index (χ4n) is 2.78. The van der Waals surface area contributed by atoms with Crippen LogP contribution in [-0.4, -0.2) is 30.4 Å². The average Bonchev–Trinajstić information content (AvgIpc) is 2.75. The standard InChI is InChI=1S/C22H24N4O4S/c1-4-19(30-20-14-15(2)6-7-16(20)3)21(27)25-17-8-10-18(11-9-17)31(28,29)26-22-23-12-5-13-24-22/h5-14,19H,4H2,1-3H3,(H,25,27)(H,23,24,26)/t19-/m0/s1. The van der Waals surface area contributed by atoms with Crippen molar-refractivity contribution in [3.8, 4) is 5.75 Å². The summed E-state index contributed by atoms with van der Waals surface area (Å²) in [4.78, 5) is 20.4. The Labute approximate surface area is 181 Å². The van der Waals surface area contributed by atoms with Crippen molar-refractivity contribution < 1.29 is 17.9 Å². The highest BCUT2D eigenvalue weighted by molar-refractivity contribution is 7.92. The third-order valence-electron chi connectivity index (χ3n) is 4.50. The predicted octanol–water partition coefficient (Wildman–Crippen LogP) is 3.69. The number of aryl methyl sites for hydroxylation is 2. The molecular weight excluding hydrogens is 416 g/mol. The lowest BCUT2D eigenvalue weighted by molar-refractivity contribution is -0.122. The Morgan fingerprint density at radius 2 is 1.74 bits per heavy atom. The van der Waals surface area contributed by atoms with Gasteiger partial charge in [-0.2, -0.15) is 0 Å². The maximum Gasteiger partial charge on any atom is 0.265 e. The van der Waals surface area contributed by atoms with Crippen LogP contribution in [0.4, 0.5) is 11.6 Å². The Kier molecular flexibility index (Phi) is 6.86. The number of sulfonamides is 1. The lowest BCUT2D eigenvalue weighted by Gasteiger charge is -2.19. The van der Waals surface area contributed by atoms with E-state index in [-0.39, 0.29) is 16.8 Å². The molecule has 0 spiro atoms. The molecule has 0 saturated carbocycles. The first-order valence-corrected chi connectivity index (χ1v) is 11.2. The van der Waals surface area contributed by atoms with Crippen LogP contribution in [-0.2, 0) is 14.8 Å². The Morgan fingerprint density at radius 1 is 1.06 bits per heavy atom. The maximum absolute atomic E-state index is 12.7. The van der Waals surface area contributed by atoms with Crippen molar-refractivity contribution in [2.75, 3.05) is 10.0 Å². The van der Waals surface area contributed by atoms with E-state index in [0.717, 1.165) is 11.1 Å². The van der Waals surface area contributed by atoms with E-state index in [0.29, 0.717) is 17.9 Å². The van der Waals surface area contributed by atoms with E-state index in [1.807, 2.05) is 39.0 Å². The summed E-state index contributed by atoms with van der Waals surface area (Å²) in [6, 6.07) is 13.2. The van der Waals surface area contributed by atoms with Crippen molar-refractivity contribution in [1.29, 1.82) is 0 Å². The maximum atomic E-state index is 12.7. The fourth-order valence-corrected chi connectivity index (χ4v) is 3.74. The Bertz CT molecular complexity index is 1150. The minimum atomic E-state index is -3.84. The normalized spacial score (nSPS) is 12.1. The van der Waals surface area contributed by atoms with Gasteiger partial charge >= 0.3 is 0 Å². The SMILES string of the molecule is CC[C@H](Oc1cc(C)ccc1C)C(=O)Nc1ccc(S(=O)(=O)Nc2ncccn2)cc1. The number of carbonyl (C=O) groups is 1. The van der Waals surface area contributed by atoms with Gasteiger partial charge in [0.15, 0.2) is 6.10 Å². The number of rotatable bonds is 8. The van der Waals surface area contributed by atoms with Gasteiger partial charge in [0.1, 0.15) is 5.75 Å². The Balaban J connectivity index is 1.68. The summed E-state index contributed by atoms with van der Waals surface area (Å²) in [6.45, 7) is 5.75. The zero-order chi connectivity index (χ0) is 22.4. The molecule has 0 bridgehead atoms. The molecule has 162 valence electrons. The molecule has 3 aromatic rings. The number of benzene rings is 2. The first kappa shape index (κ1) is 22.2. The van der Waals surface area contributed by atoms with Gasteiger partial charge in [-0.3, -0.25) is 4.79 Å². The molecule has 0 radical (unpaired) electrons. The molecule has 1 heterocycles. The summed E-state index contributed by atoms with van der Waals surface area (Å²) >= 11 is 0. The van der Waals surface area contributed by atoms with Crippen LogP contribution in [0.2, 0.25) is 0 Å². The molecule has 0 aliphatic carbocycles. The van der Waals surface area contributed by atoms with Crippen molar-refractivity contribution in [2.24, 2.45) is 0 Å². The van der Waals surface area contributed by atoms with Gasteiger partial charge in [0.2, 0.25) is 5.95 Å². The zero-order valence-electron chi connectivity index (χ0n) is 17.5. The first-order chi connectivity index (χ1) is 14.8. The predicted molar refractivity (Wildman–Crippen MR) is 119 cm³/mol. The molecule has 8 nitrogen and oxygen atoms in total. The summed E-state index contributed by atoms with van der Waals surface area (Å²) in [5, 5.41) is 2.77. The molecule has 2 aromatic carbocycles. The molecule has 1 amide bonds. The van der Waals surface area contributed by atoms with Crippen molar-refractivity contribution >= 4 is 27.6 Å². The minimum absolute atomic E-state index is 0.0192. The van der Waals surface area contributed by atoms with Gasteiger partial charge in [-0.15, -0.1) is 0 Å². The highest BCUT2D eigenvalue weighted by atomic mass is 32.2. The molecule has 0 aliphatic heterocycles. The van der Waals surface area contributed by atoms with Crippen LogP contribution in [0.5, 0.6) is 5.75 Å². The van der Waals surface area contributed by atoms with Gasteiger partial charge in [0.05, 0.1) is 4.90 Å². The molecule has 0 aliphatic rings. The van der Waals surface area contributed by atoms with Crippen LogP contribution in [0.25, 0.3) is 0 Å². The molecular formula is C22H24N4O4S. The minimum Gasteiger partial charge on any atom is -0.480 e. The van der Waals surface area contributed by atoms with Crippen LogP contribution in [0.15, 0.2) is 65.8 Å². The Morgan fingerprint density at radius 3 is 2.39 bits per heavy atom. The third kappa shape index (κ3) is 5.79. The first-order valence-electron chi connectivity index (χ1n) is 9.73. The lowest BCUT2D eigenvalue weighted by atomic mass is 10.1. The van der Waals surface area contributed by atoms with Crippen molar-refractivity contribution in [3.05, 3.63) is 72.1 Å². The van der Waals surface area contributed by atoms with Crippen LogP contribution in [0.3, 0.4) is 0 Å². The molecule has 31 heavy (non-hydrogen) atoms. The molecule has 3 rings (SSSR count). The second kappa shape index (κ2) is 9.57. The zero-order valence-corrected chi connectivity index (χ0v) is 18.3. The molecule has 0 unspecified atom stereocenters. The van der Waals surface area contributed by atoms with Crippen molar-refractivity contribution in [2.45, 2.75) is 38.2 Å². The quantitative estimate of drug-likeness (QED) is 0.553.